The average molecular weight is 375 g/mol. The lowest BCUT2D eigenvalue weighted by Gasteiger charge is -2.09. The van der Waals surface area contributed by atoms with Crippen LogP contribution in [0.3, 0.4) is 0 Å². The van der Waals surface area contributed by atoms with E-state index in [0.717, 1.165) is 30.3 Å². The maximum absolute atomic E-state index is 13.5. The van der Waals surface area contributed by atoms with Crippen LogP contribution < -0.4 is 10.1 Å². The van der Waals surface area contributed by atoms with Gasteiger partial charge in [-0.3, -0.25) is 4.79 Å². The van der Waals surface area contributed by atoms with Gasteiger partial charge < -0.3 is 10.1 Å². The van der Waals surface area contributed by atoms with E-state index in [9.17, 15) is 22.4 Å². The molecule has 0 spiro atoms. The van der Waals surface area contributed by atoms with Crippen LogP contribution in [0, 0.1) is 11.9 Å². The Bertz CT molecular complexity index is 939. The SMILES string of the molecule is O=C(Nc1ccc(Oc2cc[c]cc2F)nc1)c1ccc(C(F)(F)F)cc1. The van der Waals surface area contributed by atoms with Crippen LogP contribution in [0.25, 0.3) is 0 Å². The van der Waals surface area contributed by atoms with Crippen LogP contribution in [0.5, 0.6) is 11.6 Å². The van der Waals surface area contributed by atoms with Crippen LogP contribution in [0.1, 0.15) is 15.9 Å². The van der Waals surface area contributed by atoms with Crippen molar-refractivity contribution < 1.29 is 27.1 Å². The number of carbonyl (C=O) groups excluding carboxylic acids is 1. The van der Waals surface area contributed by atoms with Gasteiger partial charge in [0.15, 0.2) is 11.6 Å². The number of alkyl halides is 3. The molecule has 0 fully saturated rings. The summed E-state index contributed by atoms with van der Waals surface area (Å²) < 4.78 is 56.4. The minimum Gasteiger partial charge on any atom is -0.436 e. The van der Waals surface area contributed by atoms with Crippen LogP contribution in [0.2, 0.25) is 0 Å². The van der Waals surface area contributed by atoms with Gasteiger partial charge in [-0.2, -0.15) is 13.2 Å². The van der Waals surface area contributed by atoms with Crippen LogP contribution in [-0.2, 0) is 6.18 Å². The molecule has 0 bridgehead atoms. The minimum atomic E-state index is -4.47. The first-order valence-corrected chi connectivity index (χ1v) is 7.61. The van der Waals surface area contributed by atoms with Crippen LogP contribution in [0.15, 0.2) is 60.8 Å². The molecule has 8 heteroatoms. The van der Waals surface area contributed by atoms with E-state index < -0.39 is 23.5 Å². The Kier molecular flexibility index (Phi) is 5.07. The van der Waals surface area contributed by atoms with Crippen LogP contribution >= 0.6 is 0 Å². The Morgan fingerprint density at radius 2 is 1.81 bits per heavy atom. The van der Waals surface area contributed by atoms with Crippen molar-refractivity contribution >= 4 is 11.6 Å². The van der Waals surface area contributed by atoms with Gasteiger partial charge >= 0.3 is 6.18 Å². The number of nitrogens with zero attached hydrogens (tertiary/aromatic N) is 1. The quantitative estimate of drug-likeness (QED) is 0.647. The van der Waals surface area contributed by atoms with Gasteiger partial charge in [0.1, 0.15) is 0 Å². The Morgan fingerprint density at radius 3 is 2.41 bits per heavy atom. The maximum Gasteiger partial charge on any atom is 0.416 e. The number of rotatable bonds is 4. The molecular formula is C19H11F4N2O2. The molecule has 0 aliphatic carbocycles. The molecule has 1 N–H and O–H groups in total. The molecule has 0 saturated heterocycles. The molecule has 3 rings (SSSR count). The number of pyridine rings is 1. The normalized spacial score (nSPS) is 11.1. The predicted octanol–water partition coefficient (Wildman–Crippen LogP) is 5.08. The topological polar surface area (TPSA) is 51.2 Å². The van der Waals surface area contributed by atoms with Crippen molar-refractivity contribution in [1.82, 2.24) is 4.98 Å². The maximum atomic E-state index is 13.5. The number of hydrogen-bond acceptors (Lipinski definition) is 3. The number of ether oxygens (including phenoxy) is 1. The highest BCUT2D eigenvalue weighted by Gasteiger charge is 2.30. The molecule has 0 aliphatic rings. The Labute approximate surface area is 151 Å². The van der Waals surface area contributed by atoms with Crippen molar-refractivity contribution in [3.8, 4) is 11.6 Å². The lowest BCUT2D eigenvalue weighted by molar-refractivity contribution is -0.137. The average Bonchev–Trinajstić information content (AvgIpc) is 2.64. The zero-order chi connectivity index (χ0) is 19.4. The summed E-state index contributed by atoms with van der Waals surface area (Å²) in [4.78, 5) is 16.0. The van der Waals surface area contributed by atoms with Gasteiger partial charge in [0.2, 0.25) is 5.88 Å². The number of aromatic nitrogens is 1. The van der Waals surface area contributed by atoms with Crippen molar-refractivity contribution in [2.75, 3.05) is 5.32 Å². The summed E-state index contributed by atoms with van der Waals surface area (Å²) in [5, 5.41) is 2.50. The molecule has 3 aromatic rings. The monoisotopic (exact) mass is 375 g/mol. The third kappa shape index (κ3) is 4.60. The molecule has 27 heavy (non-hydrogen) atoms. The fourth-order valence-electron chi connectivity index (χ4n) is 2.12. The molecule has 1 heterocycles. The molecule has 2 aromatic carbocycles. The first kappa shape index (κ1) is 18.4. The van der Waals surface area contributed by atoms with E-state index >= 15 is 0 Å². The van der Waals surface area contributed by atoms with Gasteiger partial charge in [0.25, 0.3) is 5.91 Å². The van der Waals surface area contributed by atoms with E-state index in [2.05, 4.69) is 16.4 Å². The fraction of sp³-hybridized carbons (Fsp3) is 0.0526. The van der Waals surface area contributed by atoms with Crippen molar-refractivity contribution in [3.05, 3.63) is 83.8 Å². The molecule has 1 radical (unpaired) electrons. The largest absolute Gasteiger partial charge is 0.436 e. The highest BCUT2D eigenvalue weighted by Crippen LogP contribution is 2.29. The lowest BCUT2D eigenvalue weighted by atomic mass is 10.1. The predicted molar refractivity (Wildman–Crippen MR) is 88.9 cm³/mol. The Morgan fingerprint density at radius 1 is 1.07 bits per heavy atom. The second-order valence-corrected chi connectivity index (χ2v) is 5.37. The van der Waals surface area contributed by atoms with E-state index in [1.165, 1.54) is 30.5 Å². The molecule has 137 valence electrons. The summed E-state index contributed by atoms with van der Waals surface area (Å²) in [6.07, 6.45) is -3.19. The molecule has 1 aromatic heterocycles. The highest BCUT2D eigenvalue weighted by molar-refractivity contribution is 6.04. The van der Waals surface area contributed by atoms with Gasteiger partial charge in [0.05, 0.1) is 17.4 Å². The number of carbonyl (C=O) groups is 1. The molecule has 4 nitrogen and oxygen atoms in total. The first-order valence-electron chi connectivity index (χ1n) is 7.61. The van der Waals surface area contributed by atoms with Crippen molar-refractivity contribution in [3.63, 3.8) is 0 Å². The molecule has 0 unspecified atom stereocenters. The van der Waals surface area contributed by atoms with Crippen molar-refractivity contribution in [2.24, 2.45) is 0 Å². The highest BCUT2D eigenvalue weighted by atomic mass is 19.4. The smallest absolute Gasteiger partial charge is 0.416 e. The van der Waals surface area contributed by atoms with E-state index in [1.54, 1.807) is 0 Å². The number of halogens is 4. The van der Waals surface area contributed by atoms with E-state index in [4.69, 9.17) is 4.74 Å². The van der Waals surface area contributed by atoms with Crippen molar-refractivity contribution in [1.29, 1.82) is 0 Å². The van der Waals surface area contributed by atoms with E-state index in [1.807, 2.05) is 0 Å². The Balaban J connectivity index is 1.66. The summed E-state index contributed by atoms with van der Waals surface area (Å²) >= 11 is 0. The summed E-state index contributed by atoms with van der Waals surface area (Å²) in [7, 11) is 0. The second kappa shape index (κ2) is 7.45. The summed E-state index contributed by atoms with van der Waals surface area (Å²) in [6.45, 7) is 0. The molecule has 1 amide bonds. The summed E-state index contributed by atoms with van der Waals surface area (Å²) in [6, 6.07) is 13.3. The summed E-state index contributed by atoms with van der Waals surface area (Å²) in [5.74, 6) is -1.11. The standard InChI is InChI=1S/C19H11F4N2O2/c20-15-3-1-2-4-16(15)27-17-10-9-14(11-24-17)25-18(26)12-5-7-13(8-6-12)19(21,22)23/h2-11H,(H,25,26). The number of hydrogen-bond donors (Lipinski definition) is 1. The fourth-order valence-corrected chi connectivity index (χ4v) is 2.12. The molecule has 0 atom stereocenters. The van der Waals surface area contributed by atoms with Gasteiger partial charge in [-0.25, -0.2) is 9.37 Å². The zero-order valence-electron chi connectivity index (χ0n) is 13.5. The van der Waals surface area contributed by atoms with Gasteiger partial charge in [0, 0.05) is 11.6 Å². The Hall–Kier alpha value is -3.42. The first-order chi connectivity index (χ1) is 12.8. The number of nitrogens with one attached hydrogen (secondary N) is 1. The number of benzene rings is 2. The molecular weight excluding hydrogens is 364 g/mol. The molecule has 0 saturated carbocycles. The van der Waals surface area contributed by atoms with Crippen LogP contribution in [-0.4, -0.2) is 10.9 Å². The van der Waals surface area contributed by atoms with Crippen LogP contribution in [0.4, 0.5) is 23.2 Å². The molecule has 0 aliphatic heterocycles. The van der Waals surface area contributed by atoms with Gasteiger partial charge in [-0.1, -0.05) is 6.07 Å². The number of anilines is 1. The summed E-state index contributed by atoms with van der Waals surface area (Å²) in [5.41, 5.74) is -0.479. The number of amides is 1. The van der Waals surface area contributed by atoms with Gasteiger partial charge in [-0.15, -0.1) is 0 Å². The van der Waals surface area contributed by atoms with Crippen molar-refractivity contribution in [2.45, 2.75) is 6.18 Å². The van der Waals surface area contributed by atoms with Gasteiger partial charge in [-0.05, 0) is 48.5 Å². The third-order valence-corrected chi connectivity index (χ3v) is 3.46. The van der Waals surface area contributed by atoms with E-state index in [0.29, 0.717) is 5.69 Å². The van der Waals surface area contributed by atoms with E-state index in [-0.39, 0.29) is 17.2 Å². The third-order valence-electron chi connectivity index (χ3n) is 3.46. The second-order valence-electron chi connectivity index (χ2n) is 5.37. The minimum absolute atomic E-state index is 0.0252. The lowest BCUT2D eigenvalue weighted by Crippen LogP contribution is -2.13. The zero-order valence-corrected chi connectivity index (χ0v) is 13.5.